The van der Waals surface area contributed by atoms with Gasteiger partial charge in [0, 0.05) is 12.6 Å². The smallest absolute Gasteiger partial charge is 0.401 e. The van der Waals surface area contributed by atoms with Gasteiger partial charge in [0.2, 0.25) is 0 Å². The van der Waals surface area contributed by atoms with Crippen molar-refractivity contribution >= 4 is 0 Å². The van der Waals surface area contributed by atoms with E-state index >= 15 is 0 Å². The fourth-order valence-electron chi connectivity index (χ4n) is 2.14. The first kappa shape index (κ1) is 15.6. The molecule has 1 saturated carbocycles. The predicted octanol–water partition coefficient (Wildman–Crippen LogP) is 3.16. The zero-order valence-electron chi connectivity index (χ0n) is 11.6. The molecule has 1 aromatic carbocycles. The van der Waals surface area contributed by atoms with Crippen molar-refractivity contribution in [1.29, 1.82) is 5.26 Å². The molecule has 1 aliphatic carbocycles. The maximum atomic E-state index is 12.5. The summed E-state index contributed by atoms with van der Waals surface area (Å²) in [5.74, 6) is 0.611. The van der Waals surface area contributed by atoms with Gasteiger partial charge in [-0.1, -0.05) is 12.1 Å². The van der Waals surface area contributed by atoms with Gasteiger partial charge in [0.05, 0.1) is 19.0 Å². The zero-order chi connectivity index (χ0) is 15.3. The Hall–Kier alpha value is -1.74. The third kappa shape index (κ3) is 5.64. The third-order valence-corrected chi connectivity index (χ3v) is 3.30. The molecule has 21 heavy (non-hydrogen) atoms. The second kappa shape index (κ2) is 6.81. The summed E-state index contributed by atoms with van der Waals surface area (Å²) in [4.78, 5) is 1.43. The predicted molar refractivity (Wildman–Crippen MR) is 71.9 cm³/mol. The Bertz CT molecular complexity index is 489. The van der Waals surface area contributed by atoms with Crippen molar-refractivity contribution in [1.82, 2.24) is 4.90 Å². The summed E-state index contributed by atoms with van der Waals surface area (Å²) in [7, 11) is 0. The molecule has 1 aromatic rings. The summed E-state index contributed by atoms with van der Waals surface area (Å²) < 4.78 is 42.8. The van der Waals surface area contributed by atoms with Crippen LogP contribution < -0.4 is 4.74 Å². The number of benzene rings is 1. The highest BCUT2D eigenvalue weighted by Crippen LogP contribution is 2.29. The van der Waals surface area contributed by atoms with Gasteiger partial charge in [0.25, 0.3) is 0 Å². The van der Waals surface area contributed by atoms with E-state index in [2.05, 4.69) is 0 Å². The van der Waals surface area contributed by atoms with Crippen LogP contribution in [0.25, 0.3) is 0 Å². The van der Waals surface area contributed by atoms with E-state index < -0.39 is 12.7 Å². The lowest BCUT2D eigenvalue weighted by molar-refractivity contribution is -0.147. The van der Waals surface area contributed by atoms with E-state index in [0.29, 0.717) is 12.2 Å². The molecule has 1 fully saturated rings. The Balaban J connectivity index is 1.78. The number of halogens is 3. The van der Waals surface area contributed by atoms with Crippen molar-refractivity contribution in [2.45, 2.75) is 31.5 Å². The number of hydrogen-bond acceptors (Lipinski definition) is 3. The van der Waals surface area contributed by atoms with Crippen molar-refractivity contribution in [3.8, 4) is 11.8 Å². The Morgan fingerprint density at radius 3 is 2.43 bits per heavy atom. The normalized spacial score (nSPS) is 15.0. The molecule has 0 saturated heterocycles. The van der Waals surface area contributed by atoms with Gasteiger partial charge in [-0.15, -0.1) is 0 Å². The van der Waals surface area contributed by atoms with E-state index in [9.17, 15) is 13.2 Å². The topological polar surface area (TPSA) is 36.3 Å². The van der Waals surface area contributed by atoms with E-state index in [1.807, 2.05) is 6.07 Å². The lowest BCUT2D eigenvalue weighted by atomic mass is 10.2. The summed E-state index contributed by atoms with van der Waals surface area (Å²) in [6.45, 7) is -0.379. The lowest BCUT2D eigenvalue weighted by Gasteiger charge is -2.23. The van der Waals surface area contributed by atoms with Crippen molar-refractivity contribution in [3.05, 3.63) is 29.8 Å². The molecule has 0 N–H and O–H groups in total. The van der Waals surface area contributed by atoms with Crippen LogP contribution in [-0.4, -0.2) is 36.8 Å². The summed E-state index contributed by atoms with van der Waals surface area (Å²) in [6, 6.07) is 9.14. The van der Waals surface area contributed by atoms with Crippen LogP contribution in [0.1, 0.15) is 18.4 Å². The average molecular weight is 298 g/mol. The van der Waals surface area contributed by atoms with Crippen LogP contribution in [0.4, 0.5) is 13.2 Å². The second-order valence-electron chi connectivity index (χ2n) is 5.14. The van der Waals surface area contributed by atoms with Gasteiger partial charge in [0.1, 0.15) is 12.4 Å². The highest BCUT2D eigenvalue weighted by atomic mass is 19.4. The summed E-state index contributed by atoms with van der Waals surface area (Å²) in [5.41, 5.74) is 0.890. The molecule has 114 valence electrons. The third-order valence-electron chi connectivity index (χ3n) is 3.30. The highest BCUT2D eigenvalue weighted by molar-refractivity contribution is 5.28. The number of nitrogens with zero attached hydrogens (tertiary/aromatic N) is 2. The Morgan fingerprint density at radius 1 is 1.24 bits per heavy atom. The standard InChI is InChI=1S/C15H17F3N2O/c16-15(17,18)11-20(13-3-4-13)9-10-21-14-5-1-12(2-6-14)7-8-19/h1-2,5-6,13H,3-4,7,9-11H2. The number of rotatable bonds is 7. The van der Waals surface area contributed by atoms with Crippen molar-refractivity contribution in [2.24, 2.45) is 0 Å². The van der Waals surface area contributed by atoms with Crippen LogP contribution in [0.15, 0.2) is 24.3 Å². The minimum Gasteiger partial charge on any atom is -0.492 e. The molecule has 2 rings (SSSR count). The monoisotopic (exact) mass is 298 g/mol. The molecule has 0 bridgehead atoms. The summed E-state index contributed by atoms with van der Waals surface area (Å²) in [6.07, 6.45) is -2.17. The maximum Gasteiger partial charge on any atom is 0.401 e. The van der Waals surface area contributed by atoms with E-state index in [1.165, 1.54) is 4.90 Å². The van der Waals surface area contributed by atoms with Crippen molar-refractivity contribution < 1.29 is 17.9 Å². The minimum atomic E-state index is -4.17. The van der Waals surface area contributed by atoms with E-state index in [1.54, 1.807) is 24.3 Å². The van der Waals surface area contributed by atoms with Crippen LogP contribution in [0, 0.1) is 11.3 Å². The molecule has 0 amide bonds. The molecule has 0 aromatic heterocycles. The Morgan fingerprint density at radius 2 is 1.90 bits per heavy atom. The van der Waals surface area contributed by atoms with Crippen LogP contribution in [-0.2, 0) is 6.42 Å². The van der Waals surface area contributed by atoms with E-state index in [4.69, 9.17) is 10.00 Å². The first-order valence-electron chi connectivity index (χ1n) is 6.87. The first-order chi connectivity index (χ1) is 9.98. The van der Waals surface area contributed by atoms with Crippen LogP contribution >= 0.6 is 0 Å². The molecule has 0 radical (unpaired) electrons. The number of hydrogen-bond donors (Lipinski definition) is 0. The van der Waals surface area contributed by atoms with Crippen molar-refractivity contribution in [2.75, 3.05) is 19.7 Å². The van der Waals surface area contributed by atoms with Gasteiger partial charge in [-0.05, 0) is 30.5 Å². The minimum absolute atomic E-state index is 0.0493. The molecule has 0 aliphatic heterocycles. The van der Waals surface area contributed by atoms with Gasteiger partial charge in [-0.2, -0.15) is 18.4 Å². The van der Waals surface area contributed by atoms with Gasteiger partial charge >= 0.3 is 6.18 Å². The van der Waals surface area contributed by atoms with Gasteiger partial charge in [-0.25, -0.2) is 0 Å². The second-order valence-corrected chi connectivity index (χ2v) is 5.14. The SMILES string of the molecule is N#CCc1ccc(OCCN(CC(F)(F)F)C2CC2)cc1. The zero-order valence-corrected chi connectivity index (χ0v) is 11.6. The number of alkyl halides is 3. The average Bonchev–Trinajstić information content (AvgIpc) is 3.23. The molecule has 1 aliphatic rings. The Labute approximate surface area is 121 Å². The first-order valence-corrected chi connectivity index (χ1v) is 6.87. The fraction of sp³-hybridized carbons (Fsp3) is 0.533. The van der Waals surface area contributed by atoms with Crippen molar-refractivity contribution in [3.63, 3.8) is 0 Å². The molecule has 0 heterocycles. The fourth-order valence-corrected chi connectivity index (χ4v) is 2.14. The highest BCUT2D eigenvalue weighted by Gasteiger charge is 2.37. The molecule has 6 heteroatoms. The molecule has 0 unspecified atom stereocenters. The molecule has 0 spiro atoms. The number of ether oxygens (including phenoxy) is 1. The molecule has 3 nitrogen and oxygen atoms in total. The van der Waals surface area contributed by atoms with Crippen LogP contribution in [0.5, 0.6) is 5.75 Å². The van der Waals surface area contributed by atoms with Gasteiger partial charge in [0.15, 0.2) is 0 Å². The van der Waals surface area contributed by atoms with E-state index in [0.717, 1.165) is 18.4 Å². The Kier molecular flexibility index (Phi) is 5.07. The summed E-state index contributed by atoms with van der Waals surface area (Å²) in [5, 5.41) is 8.56. The van der Waals surface area contributed by atoms with Gasteiger partial charge < -0.3 is 4.74 Å². The lowest BCUT2D eigenvalue weighted by Crippen LogP contribution is -2.38. The van der Waals surface area contributed by atoms with Crippen LogP contribution in [0.3, 0.4) is 0 Å². The molecular formula is C15H17F3N2O. The van der Waals surface area contributed by atoms with E-state index in [-0.39, 0.29) is 19.2 Å². The molecule has 0 atom stereocenters. The largest absolute Gasteiger partial charge is 0.492 e. The molecular weight excluding hydrogens is 281 g/mol. The van der Waals surface area contributed by atoms with Crippen LogP contribution in [0.2, 0.25) is 0 Å². The summed E-state index contributed by atoms with van der Waals surface area (Å²) >= 11 is 0. The quantitative estimate of drug-likeness (QED) is 0.776. The number of nitriles is 1. The maximum absolute atomic E-state index is 12.5. The van der Waals surface area contributed by atoms with Gasteiger partial charge in [-0.3, -0.25) is 4.90 Å².